The van der Waals surface area contributed by atoms with Crippen LogP contribution in [0.4, 0.5) is 5.69 Å². The van der Waals surface area contributed by atoms with Crippen molar-refractivity contribution in [1.82, 2.24) is 10.3 Å². The molecule has 4 unspecified atom stereocenters. The minimum atomic E-state index is -0.223. The fourth-order valence-corrected chi connectivity index (χ4v) is 9.41. The second kappa shape index (κ2) is 10.6. The molecule has 1 aliphatic heterocycles. The van der Waals surface area contributed by atoms with Crippen LogP contribution in [0.25, 0.3) is 0 Å². The minimum absolute atomic E-state index is 0.00480. The van der Waals surface area contributed by atoms with Gasteiger partial charge in [-0.25, -0.2) is 4.98 Å². The summed E-state index contributed by atoms with van der Waals surface area (Å²) in [7, 11) is 0. The van der Waals surface area contributed by atoms with Crippen LogP contribution in [0.2, 0.25) is 0 Å². The van der Waals surface area contributed by atoms with Gasteiger partial charge in [0.05, 0.1) is 17.7 Å². The molecule has 4 saturated carbocycles. The maximum atomic E-state index is 13.1. The number of anilines is 1. The molecule has 2 amide bonds. The highest BCUT2D eigenvalue weighted by atomic mass is 32.1. The summed E-state index contributed by atoms with van der Waals surface area (Å²) in [4.78, 5) is 54.5. The van der Waals surface area contributed by atoms with Gasteiger partial charge in [0.25, 0.3) is 0 Å². The van der Waals surface area contributed by atoms with Crippen LogP contribution in [0.5, 0.6) is 0 Å². The number of Topliss-reactive ketones (excluding diaryl/α,β-unsaturated/α-hetero) is 1. The van der Waals surface area contributed by atoms with Gasteiger partial charge in [0, 0.05) is 35.4 Å². The van der Waals surface area contributed by atoms with Gasteiger partial charge in [0.2, 0.25) is 11.8 Å². The van der Waals surface area contributed by atoms with E-state index < -0.39 is 0 Å². The quantitative estimate of drug-likeness (QED) is 0.312. The first-order valence-electron chi connectivity index (χ1n) is 15.2. The Kier molecular flexibility index (Phi) is 6.96. The second-order valence-corrected chi connectivity index (χ2v) is 14.1. The number of ether oxygens (including phenoxy) is 1. The SMILES string of the molecule is O=C1CCC(CCC2CC(=O)c3cccc(NCc4csc(COC(=O)C56CC7CC(CC5C7)C6)n4)c3C2)C(=O)N1. The van der Waals surface area contributed by atoms with E-state index in [-0.39, 0.29) is 47.4 Å². The molecule has 0 spiro atoms. The fourth-order valence-electron chi connectivity index (χ4n) is 8.70. The monoisotopic (exact) mass is 575 g/mol. The lowest BCUT2D eigenvalue weighted by atomic mass is 9.75. The number of rotatable bonds is 9. The number of piperidine rings is 1. The van der Waals surface area contributed by atoms with Crippen molar-refractivity contribution in [2.45, 2.75) is 83.8 Å². The first-order valence-corrected chi connectivity index (χ1v) is 16.1. The molecule has 1 aromatic heterocycles. The van der Waals surface area contributed by atoms with Crippen LogP contribution < -0.4 is 10.6 Å². The number of carbonyl (C=O) groups is 4. The Hall–Kier alpha value is -3.07. The Morgan fingerprint density at radius 2 is 1.93 bits per heavy atom. The van der Waals surface area contributed by atoms with E-state index in [1.807, 2.05) is 23.6 Å². The molecule has 4 bridgehead atoms. The largest absolute Gasteiger partial charge is 0.458 e. The van der Waals surface area contributed by atoms with Crippen molar-refractivity contribution in [3.63, 3.8) is 0 Å². The predicted molar refractivity (Wildman–Crippen MR) is 153 cm³/mol. The van der Waals surface area contributed by atoms with Crippen LogP contribution in [0.3, 0.4) is 0 Å². The lowest BCUT2D eigenvalue weighted by molar-refractivity contribution is -0.159. The maximum Gasteiger partial charge on any atom is 0.312 e. The maximum absolute atomic E-state index is 13.1. The lowest BCUT2D eigenvalue weighted by Crippen LogP contribution is -2.40. The van der Waals surface area contributed by atoms with Gasteiger partial charge in [-0.3, -0.25) is 24.5 Å². The molecule has 6 aliphatic rings. The first-order chi connectivity index (χ1) is 19.9. The van der Waals surface area contributed by atoms with Gasteiger partial charge < -0.3 is 10.1 Å². The zero-order valence-corrected chi connectivity index (χ0v) is 24.1. The van der Waals surface area contributed by atoms with E-state index in [0.29, 0.717) is 38.1 Å². The van der Waals surface area contributed by atoms with E-state index in [4.69, 9.17) is 9.72 Å². The Morgan fingerprint density at radius 1 is 1.10 bits per heavy atom. The van der Waals surface area contributed by atoms with Crippen molar-refractivity contribution < 1.29 is 23.9 Å². The van der Waals surface area contributed by atoms with Gasteiger partial charge in [0.15, 0.2) is 5.78 Å². The number of carbonyl (C=O) groups excluding carboxylic acids is 4. The Bertz CT molecular complexity index is 1390. The number of hydrogen-bond acceptors (Lipinski definition) is 8. The summed E-state index contributed by atoms with van der Waals surface area (Å²) in [5.74, 6) is 1.75. The van der Waals surface area contributed by atoms with Crippen molar-refractivity contribution in [3.8, 4) is 0 Å². The summed E-state index contributed by atoms with van der Waals surface area (Å²) < 4.78 is 5.85. The zero-order valence-electron chi connectivity index (χ0n) is 23.3. The Morgan fingerprint density at radius 3 is 2.73 bits per heavy atom. The molecule has 41 heavy (non-hydrogen) atoms. The summed E-state index contributed by atoms with van der Waals surface area (Å²) in [6, 6.07) is 5.82. The Balaban J connectivity index is 0.942. The van der Waals surface area contributed by atoms with Crippen molar-refractivity contribution in [2.75, 3.05) is 5.32 Å². The molecular formula is C32H37N3O5S. The van der Waals surface area contributed by atoms with Gasteiger partial charge in [0.1, 0.15) is 11.6 Å². The van der Waals surface area contributed by atoms with E-state index in [1.54, 1.807) is 0 Å². The third-order valence-corrected chi connectivity index (χ3v) is 11.4. The number of benzene rings is 1. The summed E-state index contributed by atoms with van der Waals surface area (Å²) in [5.41, 5.74) is 3.40. The van der Waals surface area contributed by atoms with E-state index >= 15 is 0 Å². The molecule has 2 heterocycles. The molecule has 5 fully saturated rings. The number of ketones is 1. The normalized spacial score (nSPS) is 31.7. The van der Waals surface area contributed by atoms with E-state index in [2.05, 4.69) is 10.6 Å². The highest BCUT2D eigenvalue weighted by Gasteiger charge is 2.62. The number of aromatic nitrogens is 1. The van der Waals surface area contributed by atoms with Crippen LogP contribution in [0, 0.1) is 35.0 Å². The van der Waals surface area contributed by atoms with Crippen molar-refractivity contribution >= 4 is 40.6 Å². The minimum Gasteiger partial charge on any atom is -0.458 e. The molecule has 1 saturated heterocycles. The molecule has 2 aromatic rings. The molecule has 0 radical (unpaired) electrons. The van der Waals surface area contributed by atoms with Crippen molar-refractivity contribution in [2.24, 2.45) is 35.0 Å². The smallest absolute Gasteiger partial charge is 0.312 e. The molecule has 5 aliphatic carbocycles. The number of hydrogen-bond donors (Lipinski definition) is 2. The predicted octanol–water partition coefficient (Wildman–Crippen LogP) is 5.20. The van der Waals surface area contributed by atoms with Crippen molar-refractivity contribution in [1.29, 1.82) is 0 Å². The summed E-state index contributed by atoms with van der Waals surface area (Å²) in [6.07, 6.45) is 9.45. The van der Waals surface area contributed by atoms with Crippen LogP contribution in [0.15, 0.2) is 23.6 Å². The highest BCUT2D eigenvalue weighted by molar-refractivity contribution is 7.09. The Labute approximate surface area is 244 Å². The summed E-state index contributed by atoms with van der Waals surface area (Å²) >= 11 is 1.52. The molecule has 1 aromatic carbocycles. The molecule has 8 rings (SSSR count). The highest BCUT2D eigenvalue weighted by Crippen LogP contribution is 2.65. The third kappa shape index (κ3) is 5.11. The second-order valence-electron chi connectivity index (χ2n) is 13.1. The topological polar surface area (TPSA) is 114 Å². The van der Waals surface area contributed by atoms with Crippen LogP contribution in [-0.2, 0) is 38.7 Å². The number of nitrogens with one attached hydrogen (secondary N) is 2. The van der Waals surface area contributed by atoms with Gasteiger partial charge >= 0.3 is 5.97 Å². The van der Waals surface area contributed by atoms with Crippen molar-refractivity contribution in [3.05, 3.63) is 45.4 Å². The number of fused-ring (bicyclic) bond motifs is 1. The molecule has 2 N–H and O–H groups in total. The van der Waals surface area contributed by atoms with E-state index in [9.17, 15) is 19.2 Å². The van der Waals surface area contributed by atoms with E-state index in [1.165, 1.54) is 30.6 Å². The van der Waals surface area contributed by atoms with Crippen LogP contribution in [-0.4, -0.2) is 28.6 Å². The summed E-state index contributed by atoms with van der Waals surface area (Å²) in [5, 5.41) is 8.74. The molecular weight excluding hydrogens is 538 g/mol. The van der Waals surface area contributed by atoms with Crippen LogP contribution in [0.1, 0.15) is 90.8 Å². The molecule has 8 nitrogen and oxygen atoms in total. The number of amides is 2. The number of esters is 1. The van der Waals surface area contributed by atoms with Gasteiger partial charge in [-0.05, 0) is 93.1 Å². The van der Waals surface area contributed by atoms with Crippen LogP contribution >= 0.6 is 11.3 Å². The fraction of sp³-hybridized carbons (Fsp3) is 0.594. The molecule has 216 valence electrons. The number of thiazole rings is 1. The van der Waals surface area contributed by atoms with Gasteiger partial charge in [-0.15, -0.1) is 11.3 Å². The van der Waals surface area contributed by atoms with Gasteiger partial charge in [-0.2, -0.15) is 0 Å². The average molecular weight is 576 g/mol. The number of nitrogens with zero attached hydrogens (tertiary/aromatic N) is 1. The molecule has 9 heteroatoms. The lowest BCUT2D eigenvalue weighted by Gasteiger charge is -2.30. The third-order valence-electron chi connectivity index (χ3n) is 10.5. The summed E-state index contributed by atoms with van der Waals surface area (Å²) in [6.45, 7) is 0.753. The standard InChI is InChI=1S/C32H37N3O5S/c36-27-12-18(4-5-21-6-7-28(37)35-30(21)38)11-25-24(27)2-1-3-26(25)33-15-23-17-41-29(34-23)16-40-31(39)32-13-19-8-20(14-32)10-22(32)9-19/h1-3,17-22,33H,4-16H2,(H,35,37,38). The van der Waals surface area contributed by atoms with E-state index in [0.717, 1.165) is 65.0 Å². The number of imide groups is 1. The molecule has 4 atom stereocenters. The first kappa shape index (κ1) is 26.8. The zero-order chi connectivity index (χ0) is 28.1. The van der Waals surface area contributed by atoms with Gasteiger partial charge in [-0.1, -0.05) is 12.1 Å². The average Bonchev–Trinajstić information content (AvgIpc) is 3.59.